The second-order valence-corrected chi connectivity index (χ2v) is 4.52. The third-order valence-electron chi connectivity index (χ3n) is 2.53. The van der Waals surface area contributed by atoms with Gasteiger partial charge >= 0.3 is 12.0 Å². The van der Waals surface area contributed by atoms with Crippen LogP contribution in [-0.2, 0) is 4.79 Å². The van der Waals surface area contributed by atoms with Gasteiger partial charge < -0.3 is 15.7 Å². The molecule has 0 aliphatic carbocycles. The number of amides is 2. The minimum absolute atomic E-state index is 0.175. The number of rotatable bonds is 4. The van der Waals surface area contributed by atoms with E-state index in [1.54, 1.807) is 26.0 Å². The largest absolute Gasteiger partial charge is 0.480 e. The number of hydrogen-bond acceptors (Lipinski definition) is 2. The number of aryl methyl sites for hydroxylation is 1. The van der Waals surface area contributed by atoms with Crippen molar-refractivity contribution in [3.05, 3.63) is 29.8 Å². The summed E-state index contributed by atoms with van der Waals surface area (Å²) in [6.45, 7) is 5.43. The predicted molar refractivity (Wildman–Crippen MR) is 69.6 cm³/mol. The van der Waals surface area contributed by atoms with Crippen molar-refractivity contribution in [2.45, 2.75) is 26.8 Å². The molecular weight excluding hydrogens is 232 g/mol. The van der Waals surface area contributed by atoms with Gasteiger partial charge in [-0.2, -0.15) is 0 Å². The molecular formula is C13H18N2O3. The fourth-order valence-electron chi connectivity index (χ4n) is 1.46. The lowest BCUT2D eigenvalue weighted by molar-refractivity contribution is -0.140. The quantitative estimate of drug-likeness (QED) is 0.766. The zero-order chi connectivity index (χ0) is 13.7. The minimum Gasteiger partial charge on any atom is -0.480 e. The second kappa shape index (κ2) is 6.05. The highest BCUT2D eigenvalue weighted by molar-refractivity contribution is 5.92. The summed E-state index contributed by atoms with van der Waals surface area (Å²) in [5.74, 6) is -1.21. The maximum absolute atomic E-state index is 11.6. The SMILES string of the molecule is Cc1ccc(NC(=O)NC(C(=O)O)C(C)C)cc1. The Morgan fingerprint density at radius 2 is 1.72 bits per heavy atom. The molecule has 1 unspecified atom stereocenters. The molecule has 0 fully saturated rings. The summed E-state index contributed by atoms with van der Waals surface area (Å²) in [6.07, 6.45) is 0. The summed E-state index contributed by atoms with van der Waals surface area (Å²) < 4.78 is 0. The van der Waals surface area contributed by atoms with E-state index in [4.69, 9.17) is 5.11 Å². The van der Waals surface area contributed by atoms with Crippen molar-refractivity contribution in [2.75, 3.05) is 5.32 Å². The van der Waals surface area contributed by atoms with Crippen LogP contribution in [0.5, 0.6) is 0 Å². The van der Waals surface area contributed by atoms with Crippen LogP contribution < -0.4 is 10.6 Å². The molecule has 5 heteroatoms. The molecule has 0 radical (unpaired) electrons. The summed E-state index contributed by atoms with van der Waals surface area (Å²) in [7, 11) is 0. The Kier molecular flexibility index (Phi) is 4.71. The average Bonchev–Trinajstić information content (AvgIpc) is 2.28. The van der Waals surface area contributed by atoms with Crippen molar-refractivity contribution in [3.63, 3.8) is 0 Å². The van der Waals surface area contributed by atoms with Crippen molar-refractivity contribution in [2.24, 2.45) is 5.92 Å². The van der Waals surface area contributed by atoms with Gasteiger partial charge in [-0.1, -0.05) is 31.5 Å². The number of hydrogen-bond donors (Lipinski definition) is 3. The highest BCUT2D eigenvalue weighted by atomic mass is 16.4. The van der Waals surface area contributed by atoms with Crippen LogP contribution in [0.1, 0.15) is 19.4 Å². The number of carbonyl (C=O) groups is 2. The van der Waals surface area contributed by atoms with Gasteiger partial charge in [-0.25, -0.2) is 9.59 Å². The van der Waals surface area contributed by atoms with Crippen molar-refractivity contribution >= 4 is 17.7 Å². The van der Waals surface area contributed by atoms with Gasteiger partial charge in [0.15, 0.2) is 0 Å². The van der Waals surface area contributed by atoms with Gasteiger partial charge in [0, 0.05) is 5.69 Å². The molecule has 0 saturated heterocycles. The molecule has 5 nitrogen and oxygen atoms in total. The number of benzene rings is 1. The van der Waals surface area contributed by atoms with Gasteiger partial charge in [-0.3, -0.25) is 0 Å². The Morgan fingerprint density at radius 1 is 1.17 bits per heavy atom. The zero-order valence-corrected chi connectivity index (χ0v) is 10.7. The summed E-state index contributed by atoms with van der Waals surface area (Å²) in [5.41, 5.74) is 1.72. The molecule has 0 aromatic heterocycles. The van der Waals surface area contributed by atoms with Crippen LogP contribution >= 0.6 is 0 Å². The minimum atomic E-state index is -1.04. The summed E-state index contributed by atoms with van der Waals surface area (Å²) in [5, 5.41) is 14.0. The van der Waals surface area contributed by atoms with E-state index in [1.165, 1.54) is 0 Å². The first-order chi connectivity index (χ1) is 8.40. The van der Waals surface area contributed by atoms with Gasteiger partial charge in [0.05, 0.1) is 0 Å². The molecule has 98 valence electrons. The van der Waals surface area contributed by atoms with Crippen LogP contribution in [-0.4, -0.2) is 23.1 Å². The topological polar surface area (TPSA) is 78.4 Å². The maximum atomic E-state index is 11.6. The lowest BCUT2D eigenvalue weighted by Crippen LogP contribution is -2.46. The number of nitrogens with one attached hydrogen (secondary N) is 2. The molecule has 0 saturated carbocycles. The fraction of sp³-hybridized carbons (Fsp3) is 0.385. The van der Waals surface area contributed by atoms with E-state index >= 15 is 0 Å². The van der Waals surface area contributed by atoms with Crippen LogP contribution in [0.4, 0.5) is 10.5 Å². The smallest absolute Gasteiger partial charge is 0.326 e. The third kappa shape index (κ3) is 4.08. The number of urea groups is 1. The zero-order valence-electron chi connectivity index (χ0n) is 10.7. The van der Waals surface area contributed by atoms with Crippen LogP contribution in [0.25, 0.3) is 0 Å². The molecule has 1 aromatic carbocycles. The Hall–Kier alpha value is -2.04. The molecule has 3 N–H and O–H groups in total. The molecule has 18 heavy (non-hydrogen) atoms. The maximum Gasteiger partial charge on any atom is 0.326 e. The number of carboxylic acids is 1. The normalized spacial score (nSPS) is 12.0. The number of carboxylic acid groups (broad SMARTS) is 1. The summed E-state index contributed by atoms with van der Waals surface area (Å²) in [4.78, 5) is 22.6. The molecule has 1 aromatic rings. The lowest BCUT2D eigenvalue weighted by atomic mass is 10.1. The molecule has 1 rings (SSSR count). The molecule has 0 heterocycles. The Labute approximate surface area is 106 Å². The summed E-state index contributed by atoms with van der Waals surface area (Å²) in [6, 6.07) is 5.86. The average molecular weight is 250 g/mol. The summed E-state index contributed by atoms with van der Waals surface area (Å²) >= 11 is 0. The molecule has 0 aliphatic heterocycles. The number of aliphatic carboxylic acids is 1. The number of anilines is 1. The second-order valence-electron chi connectivity index (χ2n) is 4.52. The van der Waals surface area contributed by atoms with E-state index < -0.39 is 18.0 Å². The van der Waals surface area contributed by atoms with Crippen LogP contribution in [0.2, 0.25) is 0 Å². The van der Waals surface area contributed by atoms with Gasteiger partial charge in [0.2, 0.25) is 0 Å². The van der Waals surface area contributed by atoms with E-state index in [1.807, 2.05) is 19.1 Å². The Bertz CT molecular complexity index is 426. The van der Waals surface area contributed by atoms with Crippen molar-refractivity contribution in [1.29, 1.82) is 0 Å². The van der Waals surface area contributed by atoms with E-state index in [-0.39, 0.29) is 5.92 Å². The van der Waals surface area contributed by atoms with Gasteiger partial charge in [0.1, 0.15) is 6.04 Å². The van der Waals surface area contributed by atoms with Crippen molar-refractivity contribution in [3.8, 4) is 0 Å². The monoisotopic (exact) mass is 250 g/mol. The predicted octanol–water partition coefficient (Wildman–Crippen LogP) is 2.23. The highest BCUT2D eigenvalue weighted by Crippen LogP contribution is 2.09. The van der Waals surface area contributed by atoms with E-state index in [0.29, 0.717) is 5.69 Å². The number of carbonyl (C=O) groups excluding carboxylic acids is 1. The van der Waals surface area contributed by atoms with Crippen molar-refractivity contribution in [1.82, 2.24) is 5.32 Å². The van der Waals surface area contributed by atoms with E-state index in [9.17, 15) is 9.59 Å². The van der Waals surface area contributed by atoms with E-state index in [0.717, 1.165) is 5.56 Å². The third-order valence-corrected chi connectivity index (χ3v) is 2.53. The van der Waals surface area contributed by atoms with Gasteiger partial charge in [-0.15, -0.1) is 0 Å². The molecule has 0 bridgehead atoms. The highest BCUT2D eigenvalue weighted by Gasteiger charge is 2.23. The van der Waals surface area contributed by atoms with Crippen LogP contribution in [0.15, 0.2) is 24.3 Å². The molecule has 2 amide bonds. The molecule has 1 atom stereocenters. The van der Waals surface area contributed by atoms with Gasteiger partial charge in [-0.05, 0) is 25.0 Å². The first-order valence-electron chi connectivity index (χ1n) is 5.77. The van der Waals surface area contributed by atoms with Crippen molar-refractivity contribution < 1.29 is 14.7 Å². The first kappa shape index (κ1) is 14.0. The molecule has 0 spiro atoms. The standard InChI is InChI=1S/C13H18N2O3/c1-8(2)11(12(16)17)15-13(18)14-10-6-4-9(3)5-7-10/h4-8,11H,1-3H3,(H,16,17)(H2,14,15,18). The fourth-order valence-corrected chi connectivity index (χ4v) is 1.46. The van der Waals surface area contributed by atoms with Crippen LogP contribution in [0, 0.1) is 12.8 Å². The Balaban J connectivity index is 2.60. The van der Waals surface area contributed by atoms with E-state index in [2.05, 4.69) is 10.6 Å². The molecule has 0 aliphatic rings. The first-order valence-corrected chi connectivity index (χ1v) is 5.77. The van der Waals surface area contributed by atoms with Gasteiger partial charge in [0.25, 0.3) is 0 Å². The Morgan fingerprint density at radius 3 is 2.17 bits per heavy atom. The lowest BCUT2D eigenvalue weighted by Gasteiger charge is -2.18. The van der Waals surface area contributed by atoms with Crippen LogP contribution in [0.3, 0.4) is 0 Å².